The summed E-state index contributed by atoms with van der Waals surface area (Å²) in [5, 5.41) is 5.53. The topological polar surface area (TPSA) is 205 Å². The zero-order chi connectivity index (χ0) is 38.3. The number of hydrogen-bond donors (Lipinski definition) is 2. The predicted octanol–water partition coefficient (Wildman–Crippen LogP) is -1.71. The minimum Gasteiger partial charge on any atom is -0.378 e. The zero-order valence-corrected chi connectivity index (χ0v) is 30.0. The molecule has 296 valence electrons. The van der Waals surface area contributed by atoms with Gasteiger partial charge in [-0.15, -0.1) is 12.8 Å². The molecular formula is C33H59N3O15. The van der Waals surface area contributed by atoms with Crippen molar-refractivity contribution in [3.05, 3.63) is 12.2 Å². The fraction of sp³-hybridized carbons (Fsp3) is 0.727. The molecule has 0 fully saturated rings. The number of nitrogens with one attached hydrogen (secondary N) is 2. The van der Waals surface area contributed by atoms with Gasteiger partial charge in [-0.3, -0.25) is 19.3 Å². The first kappa shape index (κ1) is 52.2. The number of hydrogen-bond acceptors (Lipinski definition) is 16. The minimum absolute atomic E-state index is 0.148. The van der Waals surface area contributed by atoms with Gasteiger partial charge in [0.1, 0.15) is 13.1 Å². The first-order valence-electron chi connectivity index (χ1n) is 16.4. The lowest BCUT2D eigenvalue weighted by Gasteiger charge is -2.09. The van der Waals surface area contributed by atoms with Crippen LogP contribution in [0.4, 0.5) is 0 Å². The van der Waals surface area contributed by atoms with Crippen LogP contribution in [-0.2, 0) is 71.3 Å². The Bertz CT molecular complexity index is 804. The van der Waals surface area contributed by atoms with E-state index in [-0.39, 0.29) is 6.54 Å². The maximum Gasteiger partial charge on any atom is 0.254 e. The van der Waals surface area contributed by atoms with Gasteiger partial charge in [-0.1, -0.05) is 0 Å². The molecule has 0 aromatic heterocycles. The van der Waals surface area contributed by atoms with Gasteiger partial charge in [0, 0.05) is 25.2 Å². The van der Waals surface area contributed by atoms with Crippen molar-refractivity contribution >= 4 is 31.3 Å². The molecule has 18 nitrogen and oxygen atoms in total. The normalized spacial score (nSPS) is 11.5. The molecule has 1 heterocycles. The quantitative estimate of drug-likeness (QED) is 0.0318. The standard InChI is InChI=1S/C24H50N2O11.C6H5NO3.C2H2.CH2O/c1-25-2-4-28-6-8-30-10-12-32-14-16-34-18-20-36-22-23-37-21-19-35-17-15-33-13-11-31-9-7-29-5-3-26-24-27;8-4-3-7-5(9)1-2-6(7)10;2*1-2/h24-25H,2-23H2,1H3,(H,26,27);1-2,4H,3H2;1-2H;1H2. The van der Waals surface area contributed by atoms with Gasteiger partial charge in [0.15, 0.2) is 0 Å². The predicted molar refractivity (Wildman–Crippen MR) is 185 cm³/mol. The molecule has 0 aromatic carbocycles. The van der Waals surface area contributed by atoms with Crippen molar-refractivity contribution < 1.29 is 71.3 Å². The lowest BCUT2D eigenvalue weighted by Crippen LogP contribution is -2.31. The summed E-state index contributed by atoms with van der Waals surface area (Å²) in [7, 11) is 1.89. The van der Waals surface area contributed by atoms with Gasteiger partial charge in [-0.2, -0.15) is 0 Å². The smallest absolute Gasteiger partial charge is 0.254 e. The molecule has 0 saturated heterocycles. The second-order valence-corrected chi connectivity index (χ2v) is 9.09. The average molecular weight is 738 g/mol. The molecule has 0 aromatic rings. The molecule has 0 unspecified atom stereocenters. The molecule has 0 aliphatic carbocycles. The monoisotopic (exact) mass is 737 g/mol. The lowest BCUT2D eigenvalue weighted by atomic mass is 10.5. The molecule has 0 atom stereocenters. The SMILES string of the molecule is C#C.C=O.CNCCOCCOCCOCCOCCOCCOCCOCCOCCOCCOCCNC=O.O=CCN1C(=O)C=CC1=O. The molecule has 0 radical (unpaired) electrons. The molecular weight excluding hydrogens is 678 g/mol. The number of ether oxygens (including phenoxy) is 10. The third kappa shape index (κ3) is 42.9. The Balaban J connectivity index is -0.00000137. The summed E-state index contributed by atoms with van der Waals surface area (Å²) in [4.78, 5) is 50.1. The number of terminal acetylenes is 1. The van der Waals surface area contributed by atoms with Crippen LogP contribution in [0.1, 0.15) is 0 Å². The molecule has 0 spiro atoms. The van der Waals surface area contributed by atoms with E-state index >= 15 is 0 Å². The number of nitrogens with zero attached hydrogens (tertiary/aromatic N) is 1. The molecule has 51 heavy (non-hydrogen) atoms. The van der Waals surface area contributed by atoms with Crippen molar-refractivity contribution in [3.63, 3.8) is 0 Å². The number of rotatable bonds is 36. The largest absolute Gasteiger partial charge is 0.378 e. The lowest BCUT2D eigenvalue weighted by molar-refractivity contribution is -0.138. The second-order valence-electron chi connectivity index (χ2n) is 9.09. The van der Waals surface area contributed by atoms with Crippen molar-refractivity contribution in [2.75, 3.05) is 159 Å². The molecule has 1 rings (SSSR count). The molecule has 3 amide bonds. The van der Waals surface area contributed by atoms with Crippen LogP contribution in [0, 0.1) is 12.8 Å². The van der Waals surface area contributed by atoms with Gasteiger partial charge in [0.25, 0.3) is 11.8 Å². The Morgan fingerprint density at radius 2 is 0.784 bits per heavy atom. The first-order valence-corrected chi connectivity index (χ1v) is 16.4. The number of carbonyl (C=O) groups excluding carboxylic acids is 5. The fourth-order valence-corrected chi connectivity index (χ4v) is 3.13. The highest BCUT2D eigenvalue weighted by molar-refractivity contribution is 6.13. The fourth-order valence-electron chi connectivity index (χ4n) is 3.13. The third-order valence-electron chi connectivity index (χ3n) is 5.48. The highest BCUT2D eigenvalue weighted by Gasteiger charge is 2.21. The zero-order valence-electron chi connectivity index (χ0n) is 30.0. The second kappa shape index (κ2) is 48.9. The summed E-state index contributed by atoms with van der Waals surface area (Å²) in [6.07, 6.45) is 11.5. The summed E-state index contributed by atoms with van der Waals surface area (Å²) in [6, 6.07) is 0. The summed E-state index contributed by atoms with van der Waals surface area (Å²) in [5.41, 5.74) is 0. The molecule has 0 bridgehead atoms. The van der Waals surface area contributed by atoms with Crippen LogP contribution in [0.3, 0.4) is 0 Å². The van der Waals surface area contributed by atoms with Crippen molar-refractivity contribution in [2.45, 2.75) is 0 Å². The summed E-state index contributed by atoms with van der Waals surface area (Å²) < 4.78 is 54.0. The van der Waals surface area contributed by atoms with Crippen molar-refractivity contribution in [1.82, 2.24) is 15.5 Å². The van der Waals surface area contributed by atoms with Crippen LogP contribution in [0.25, 0.3) is 0 Å². The van der Waals surface area contributed by atoms with Crippen LogP contribution in [0.2, 0.25) is 0 Å². The van der Waals surface area contributed by atoms with E-state index in [0.717, 1.165) is 23.6 Å². The molecule has 1 aliphatic heterocycles. The maximum atomic E-state index is 10.6. The van der Waals surface area contributed by atoms with Gasteiger partial charge in [0.2, 0.25) is 6.41 Å². The number of amides is 3. The first-order chi connectivity index (χ1) is 25.2. The molecule has 18 heteroatoms. The van der Waals surface area contributed by atoms with E-state index in [9.17, 15) is 19.2 Å². The van der Waals surface area contributed by atoms with E-state index in [1.54, 1.807) is 0 Å². The summed E-state index contributed by atoms with van der Waals surface area (Å²) in [6.45, 7) is 13.8. The third-order valence-corrected chi connectivity index (χ3v) is 5.48. The summed E-state index contributed by atoms with van der Waals surface area (Å²) >= 11 is 0. The van der Waals surface area contributed by atoms with E-state index in [1.807, 2.05) is 13.8 Å². The Labute approximate surface area is 302 Å². The number of imide groups is 1. The number of carbonyl (C=O) groups is 5. The van der Waals surface area contributed by atoms with E-state index < -0.39 is 11.8 Å². The number of likely N-dealkylation sites (N-methyl/N-ethyl adjacent to an activating group) is 1. The van der Waals surface area contributed by atoms with Crippen LogP contribution in [0.5, 0.6) is 0 Å². The van der Waals surface area contributed by atoms with Crippen LogP contribution in [-0.4, -0.2) is 195 Å². The number of aldehydes is 1. The van der Waals surface area contributed by atoms with Crippen molar-refractivity contribution in [2.24, 2.45) is 0 Å². The Morgan fingerprint density at radius 3 is 1.02 bits per heavy atom. The highest BCUT2D eigenvalue weighted by atomic mass is 16.6. The van der Waals surface area contributed by atoms with Crippen LogP contribution >= 0.6 is 0 Å². The molecule has 2 N–H and O–H groups in total. The highest BCUT2D eigenvalue weighted by Crippen LogP contribution is 2.00. The Kier molecular flexibility index (Phi) is 50.0. The molecule has 0 saturated carbocycles. The van der Waals surface area contributed by atoms with Gasteiger partial charge in [0.05, 0.1) is 139 Å². The van der Waals surface area contributed by atoms with E-state index in [0.29, 0.717) is 151 Å². The van der Waals surface area contributed by atoms with Crippen molar-refractivity contribution in [1.29, 1.82) is 0 Å². The Hall–Kier alpha value is -3.19. The van der Waals surface area contributed by atoms with Crippen LogP contribution in [0.15, 0.2) is 12.2 Å². The average Bonchev–Trinajstić information content (AvgIpc) is 3.48. The van der Waals surface area contributed by atoms with Gasteiger partial charge in [-0.25, -0.2) is 0 Å². The van der Waals surface area contributed by atoms with Gasteiger partial charge in [-0.05, 0) is 7.05 Å². The van der Waals surface area contributed by atoms with E-state index in [4.69, 9.17) is 52.2 Å². The molecule has 1 aliphatic rings. The summed E-state index contributed by atoms with van der Waals surface area (Å²) in [5.74, 6) is -0.839. The minimum atomic E-state index is -0.419. The van der Waals surface area contributed by atoms with E-state index in [1.165, 1.54) is 0 Å². The van der Waals surface area contributed by atoms with Gasteiger partial charge < -0.3 is 67.6 Å². The maximum absolute atomic E-state index is 10.6. The van der Waals surface area contributed by atoms with Gasteiger partial charge >= 0.3 is 0 Å². The van der Waals surface area contributed by atoms with Crippen molar-refractivity contribution in [3.8, 4) is 12.8 Å². The van der Waals surface area contributed by atoms with E-state index in [2.05, 4.69) is 23.5 Å². The Morgan fingerprint density at radius 1 is 0.529 bits per heavy atom. The van der Waals surface area contributed by atoms with Crippen LogP contribution < -0.4 is 10.6 Å².